The van der Waals surface area contributed by atoms with Crippen LogP contribution in [-0.2, 0) is 0 Å². The summed E-state index contributed by atoms with van der Waals surface area (Å²) in [6, 6.07) is 1.50. The van der Waals surface area contributed by atoms with Crippen molar-refractivity contribution in [1.82, 2.24) is 10.1 Å². The third-order valence-corrected chi connectivity index (χ3v) is 2.00. The van der Waals surface area contributed by atoms with Gasteiger partial charge in [-0.15, -0.1) is 0 Å². The van der Waals surface area contributed by atoms with Gasteiger partial charge in [-0.1, -0.05) is 5.16 Å². The van der Waals surface area contributed by atoms with Crippen molar-refractivity contribution < 1.29 is 14.4 Å². The monoisotopic (exact) mass is 192 g/mol. The average Bonchev–Trinajstić information content (AvgIpc) is 2.70. The quantitative estimate of drug-likeness (QED) is 0.758. The molecule has 0 bridgehead atoms. The second-order valence-electron chi connectivity index (χ2n) is 2.89. The second-order valence-corrected chi connectivity index (χ2v) is 2.89. The van der Waals surface area contributed by atoms with Crippen LogP contribution in [-0.4, -0.2) is 21.2 Å². The fraction of sp³-hybridized carbons (Fsp3) is 0.111. The molecule has 2 rings (SSSR count). The molecule has 0 spiro atoms. The van der Waals surface area contributed by atoms with Gasteiger partial charge in [0.1, 0.15) is 6.26 Å². The Labute approximate surface area is 79.3 Å². The van der Waals surface area contributed by atoms with Crippen LogP contribution < -0.4 is 0 Å². The van der Waals surface area contributed by atoms with Crippen LogP contribution in [0, 0.1) is 6.92 Å². The van der Waals surface area contributed by atoms with Gasteiger partial charge in [-0.3, -0.25) is 0 Å². The zero-order valence-corrected chi connectivity index (χ0v) is 7.44. The van der Waals surface area contributed by atoms with Crippen LogP contribution in [0.4, 0.5) is 0 Å². The average molecular weight is 192 g/mol. The number of aromatic nitrogens is 2. The number of hydrogen-bond donors (Lipinski definition) is 2. The Hall–Kier alpha value is -2.04. The number of aromatic amines is 1. The summed E-state index contributed by atoms with van der Waals surface area (Å²) in [5.74, 6) is -0.971. The van der Waals surface area contributed by atoms with Gasteiger partial charge in [-0.05, 0) is 13.0 Å². The molecule has 0 fully saturated rings. The van der Waals surface area contributed by atoms with Crippen molar-refractivity contribution in [3.63, 3.8) is 0 Å². The Morgan fingerprint density at radius 2 is 2.43 bits per heavy atom. The number of hydrogen-bond acceptors (Lipinski definition) is 3. The van der Waals surface area contributed by atoms with Crippen molar-refractivity contribution in [3.05, 3.63) is 29.8 Å². The highest BCUT2D eigenvalue weighted by Gasteiger charge is 2.16. The molecule has 0 aliphatic rings. The number of rotatable bonds is 2. The number of H-pyrrole nitrogens is 1. The van der Waals surface area contributed by atoms with E-state index in [4.69, 9.17) is 9.63 Å². The van der Waals surface area contributed by atoms with Crippen LogP contribution in [0.15, 0.2) is 23.0 Å². The van der Waals surface area contributed by atoms with Crippen molar-refractivity contribution in [3.8, 4) is 11.3 Å². The smallest absolute Gasteiger partial charge is 0.337 e. The Bertz CT molecular complexity index is 470. The van der Waals surface area contributed by atoms with E-state index in [9.17, 15) is 4.79 Å². The topological polar surface area (TPSA) is 79.1 Å². The predicted octanol–water partition coefficient (Wildman–Crippen LogP) is 1.68. The summed E-state index contributed by atoms with van der Waals surface area (Å²) < 4.78 is 4.74. The van der Waals surface area contributed by atoms with Crippen molar-refractivity contribution in [2.75, 3.05) is 0 Å². The van der Waals surface area contributed by atoms with Crippen molar-refractivity contribution in [2.45, 2.75) is 6.92 Å². The minimum absolute atomic E-state index is 0.219. The molecule has 2 aromatic heterocycles. The van der Waals surface area contributed by atoms with Crippen LogP contribution in [0.2, 0.25) is 0 Å². The molecule has 0 aliphatic heterocycles. The molecular formula is C9H8N2O3. The number of aryl methyl sites for hydroxylation is 1. The number of carboxylic acid groups (broad SMARTS) is 1. The van der Waals surface area contributed by atoms with Crippen LogP contribution in [0.1, 0.15) is 16.1 Å². The number of carbonyl (C=O) groups is 1. The Balaban J connectivity index is 2.57. The molecule has 0 atom stereocenters. The largest absolute Gasteiger partial charge is 0.478 e. The van der Waals surface area contributed by atoms with Gasteiger partial charge in [0, 0.05) is 6.20 Å². The van der Waals surface area contributed by atoms with Gasteiger partial charge in [0.15, 0.2) is 0 Å². The van der Waals surface area contributed by atoms with E-state index in [0.717, 1.165) is 0 Å². The lowest BCUT2D eigenvalue weighted by Gasteiger charge is -1.96. The Morgan fingerprint density at radius 3 is 3.00 bits per heavy atom. The number of nitrogens with one attached hydrogen (secondary N) is 1. The molecule has 2 N–H and O–H groups in total. The van der Waals surface area contributed by atoms with E-state index >= 15 is 0 Å². The van der Waals surface area contributed by atoms with Crippen molar-refractivity contribution in [2.24, 2.45) is 0 Å². The summed E-state index contributed by atoms with van der Waals surface area (Å²) >= 11 is 0. The molecule has 0 aromatic carbocycles. The molecule has 0 amide bonds. The highest BCUT2D eigenvalue weighted by Crippen LogP contribution is 2.24. The molecule has 2 aromatic rings. The molecule has 2 heterocycles. The number of carboxylic acids is 1. The Kier molecular flexibility index (Phi) is 1.85. The molecule has 14 heavy (non-hydrogen) atoms. The zero-order valence-electron chi connectivity index (χ0n) is 7.44. The maximum Gasteiger partial charge on any atom is 0.337 e. The van der Waals surface area contributed by atoms with Gasteiger partial charge < -0.3 is 14.6 Å². The lowest BCUT2D eigenvalue weighted by Crippen LogP contribution is -1.96. The molecule has 0 saturated carbocycles. The summed E-state index contributed by atoms with van der Waals surface area (Å²) in [7, 11) is 0. The van der Waals surface area contributed by atoms with E-state index in [1.165, 1.54) is 12.3 Å². The third-order valence-electron chi connectivity index (χ3n) is 2.00. The Morgan fingerprint density at radius 1 is 1.64 bits per heavy atom. The predicted molar refractivity (Wildman–Crippen MR) is 48.0 cm³/mol. The van der Waals surface area contributed by atoms with E-state index in [1.54, 1.807) is 13.1 Å². The normalized spacial score (nSPS) is 10.4. The molecule has 0 radical (unpaired) electrons. The molecule has 0 aliphatic carbocycles. The molecule has 5 nitrogen and oxygen atoms in total. The van der Waals surface area contributed by atoms with E-state index in [0.29, 0.717) is 17.0 Å². The SMILES string of the molecule is Cc1nocc1-c1[nH]ccc1C(=O)O. The van der Waals surface area contributed by atoms with Gasteiger partial charge in [-0.2, -0.15) is 0 Å². The van der Waals surface area contributed by atoms with Crippen molar-refractivity contribution >= 4 is 5.97 Å². The fourth-order valence-corrected chi connectivity index (χ4v) is 1.30. The van der Waals surface area contributed by atoms with E-state index < -0.39 is 5.97 Å². The minimum atomic E-state index is -0.971. The summed E-state index contributed by atoms with van der Waals surface area (Å²) in [6.45, 7) is 1.76. The van der Waals surface area contributed by atoms with Crippen molar-refractivity contribution in [1.29, 1.82) is 0 Å². The number of nitrogens with zero attached hydrogens (tertiary/aromatic N) is 1. The van der Waals surface area contributed by atoms with Gasteiger partial charge in [-0.25, -0.2) is 4.79 Å². The van der Waals surface area contributed by atoms with Crippen LogP contribution >= 0.6 is 0 Å². The third kappa shape index (κ3) is 1.19. The summed E-state index contributed by atoms with van der Waals surface area (Å²) in [4.78, 5) is 13.7. The summed E-state index contributed by atoms with van der Waals surface area (Å²) in [6.07, 6.45) is 3.00. The second kappa shape index (κ2) is 3.02. The highest BCUT2D eigenvalue weighted by molar-refractivity contribution is 5.95. The van der Waals surface area contributed by atoms with Gasteiger partial charge in [0.25, 0.3) is 0 Å². The molecule has 72 valence electrons. The first-order valence-corrected chi connectivity index (χ1v) is 4.02. The van der Waals surface area contributed by atoms with Gasteiger partial charge in [0.05, 0.1) is 22.5 Å². The first-order chi connectivity index (χ1) is 6.70. The summed E-state index contributed by atoms with van der Waals surface area (Å²) in [5.41, 5.74) is 2.08. The van der Waals surface area contributed by atoms with Crippen LogP contribution in [0.25, 0.3) is 11.3 Å². The maximum absolute atomic E-state index is 10.8. The zero-order chi connectivity index (χ0) is 10.1. The minimum Gasteiger partial charge on any atom is -0.478 e. The number of aromatic carboxylic acids is 1. The van der Waals surface area contributed by atoms with E-state index in [2.05, 4.69) is 10.1 Å². The standard InChI is InChI=1S/C9H8N2O3/c1-5-7(4-14-11-5)8-6(9(12)13)2-3-10-8/h2-4,10H,1H3,(H,12,13). The van der Waals surface area contributed by atoms with Gasteiger partial charge >= 0.3 is 5.97 Å². The molecular weight excluding hydrogens is 184 g/mol. The summed E-state index contributed by atoms with van der Waals surface area (Å²) in [5, 5.41) is 12.6. The first kappa shape index (κ1) is 8.55. The molecule has 5 heteroatoms. The molecule has 0 unspecified atom stereocenters. The van der Waals surface area contributed by atoms with Gasteiger partial charge in [0.2, 0.25) is 0 Å². The van der Waals surface area contributed by atoms with E-state index in [1.807, 2.05) is 0 Å². The van der Waals surface area contributed by atoms with E-state index in [-0.39, 0.29) is 5.56 Å². The first-order valence-electron chi connectivity index (χ1n) is 4.02. The highest BCUT2D eigenvalue weighted by atomic mass is 16.5. The lowest BCUT2D eigenvalue weighted by molar-refractivity contribution is 0.0698. The maximum atomic E-state index is 10.8. The lowest BCUT2D eigenvalue weighted by atomic mass is 10.1. The fourth-order valence-electron chi connectivity index (χ4n) is 1.30. The molecule has 0 saturated heterocycles. The van der Waals surface area contributed by atoms with Crippen LogP contribution in [0.3, 0.4) is 0 Å². The van der Waals surface area contributed by atoms with Crippen LogP contribution in [0.5, 0.6) is 0 Å².